The van der Waals surface area contributed by atoms with Crippen LogP contribution in [0.5, 0.6) is 0 Å². The Morgan fingerprint density at radius 2 is 1.66 bits per heavy atom. The third-order valence-electron chi connectivity index (χ3n) is 10.6. The van der Waals surface area contributed by atoms with E-state index in [0.29, 0.717) is 42.5 Å². The van der Waals surface area contributed by atoms with Gasteiger partial charge in [0.25, 0.3) is 0 Å². The predicted octanol–water partition coefficient (Wildman–Crippen LogP) is 3.43. The molecule has 38 heavy (non-hydrogen) atoms. The Labute approximate surface area is 225 Å². The molecular weight excluding hydrogens is 490 g/mol. The summed E-state index contributed by atoms with van der Waals surface area (Å²) in [6, 6.07) is 0. The standard InChI is InChI=1S/C27H43NO4.C2H2O4/c1-26-10-9-22-20(21(26)7-8-25(26)30)17-24(29)23-6-5-19(18-27(22,23)2)32-16-15-31-14-13-28-11-3-4-12-28;3-1(4)2(5)6/h19-23H,3-18H2,1-2H3;(H,3,4)(H,5,6)/t19?,20-,21-,22-,23+,26-,27+;/m0./s1. The lowest BCUT2D eigenvalue weighted by molar-refractivity contribution is -0.164. The van der Waals surface area contributed by atoms with Crippen molar-refractivity contribution in [1.29, 1.82) is 0 Å². The molecule has 1 saturated heterocycles. The van der Waals surface area contributed by atoms with E-state index in [1.807, 2.05) is 0 Å². The minimum Gasteiger partial charge on any atom is -0.473 e. The van der Waals surface area contributed by atoms with Crippen LogP contribution < -0.4 is 0 Å². The van der Waals surface area contributed by atoms with Crippen LogP contribution in [0, 0.1) is 34.5 Å². The van der Waals surface area contributed by atoms with Gasteiger partial charge in [0.2, 0.25) is 0 Å². The van der Waals surface area contributed by atoms with Gasteiger partial charge in [-0.25, -0.2) is 9.59 Å². The first kappa shape index (κ1) is 29.2. The van der Waals surface area contributed by atoms with E-state index >= 15 is 0 Å². The van der Waals surface area contributed by atoms with Gasteiger partial charge in [-0.2, -0.15) is 0 Å². The Balaban J connectivity index is 0.000000505. The van der Waals surface area contributed by atoms with E-state index in [9.17, 15) is 9.59 Å². The molecule has 2 N–H and O–H groups in total. The first-order valence-electron chi connectivity index (χ1n) is 14.5. The second-order valence-electron chi connectivity index (χ2n) is 12.6. The fraction of sp³-hybridized carbons (Fsp3) is 0.862. The van der Waals surface area contributed by atoms with Gasteiger partial charge >= 0.3 is 11.9 Å². The highest BCUT2D eigenvalue weighted by Crippen LogP contribution is 2.64. The van der Waals surface area contributed by atoms with Gasteiger partial charge in [0.1, 0.15) is 11.6 Å². The topological polar surface area (TPSA) is 130 Å². The third-order valence-corrected chi connectivity index (χ3v) is 10.6. The molecule has 9 nitrogen and oxygen atoms in total. The van der Waals surface area contributed by atoms with Gasteiger partial charge in [0.15, 0.2) is 0 Å². The van der Waals surface area contributed by atoms with Crippen molar-refractivity contribution in [3.63, 3.8) is 0 Å². The first-order valence-corrected chi connectivity index (χ1v) is 14.5. The summed E-state index contributed by atoms with van der Waals surface area (Å²) in [6.45, 7) is 10.2. The van der Waals surface area contributed by atoms with E-state index in [1.54, 1.807) is 0 Å². The van der Waals surface area contributed by atoms with Crippen molar-refractivity contribution in [3.05, 3.63) is 0 Å². The maximum Gasteiger partial charge on any atom is 0.414 e. The molecule has 1 unspecified atom stereocenters. The molecule has 0 aromatic rings. The number of likely N-dealkylation sites (tertiary alicyclic amines) is 1. The van der Waals surface area contributed by atoms with Crippen LogP contribution in [0.25, 0.3) is 0 Å². The molecule has 7 atom stereocenters. The molecule has 1 heterocycles. The molecule has 0 aromatic carbocycles. The molecule has 1 aliphatic heterocycles. The Bertz CT molecular complexity index is 889. The van der Waals surface area contributed by atoms with Gasteiger partial charge in [-0.15, -0.1) is 0 Å². The zero-order valence-electron chi connectivity index (χ0n) is 23.0. The zero-order chi connectivity index (χ0) is 27.5. The summed E-state index contributed by atoms with van der Waals surface area (Å²) in [4.78, 5) is 46.6. The van der Waals surface area contributed by atoms with Gasteiger partial charge < -0.3 is 24.6 Å². The van der Waals surface area contributed by atoms with E-state index in [-0.39, 0.29) is 22.9 Å². The van der Waals surface area contributed by atoms with E-state index < -0.39 is 11.9 Å². The van der Waals surface area contributed by atoms with Gasteiger partial charge in [-0.3, -0.25) is 9.59 Å². The summed E-state index contributed by atoms with van der Waals surface area (Å²) in [6.07, 6.45) is 10.4. The number of carbonyl (C=O) groups excluding carboxylic acids is 2. The minimum atomic E-state index is -1.82. The molecule has 5 fully saturated rings. The van der Waals surface area contributed by atoms with Gasteiger partial charge in [-0.1, -0.05) is 13.8 Å². The maximum absolute atomic E-state index is 13.3. The second-order valence-corrected chi connectivity index (χ2v) is 12.6. The molecule has 0 bridgehead atoms. The molecule has 4 saturated carbocycles. The molecule has 9 heteroatoms. The molecule has 5 rings (SSSR count). The van der Waals surface area contributed by atoms with Crippen LogP contribution in [-0.4, -0.2) is 84.2 Å². The highest BCUT2D eigenvalue weighted by atomic mass is 16.5. The summed E-state index contributed by atoms with van der Waals surface area (Å²) >= 11 is 0. The lowest BCUT2D eigenvalue weighted by atomic mass is 9.45. The second kappa shape index (κ2) is 12.1. The number of nitrogens with zero attached hydrogens (tertiary/aromatic N) is 1. The number of carboxylic acids is 2. The number of hydrogen-bond acceptors (Lipinski definition) is 7. The first-order chi connectivity index (χ1) is 18.1. The summed E-state index contributed by atoms with van der Waals surface area (Å²) in [5.41, 5.74) is -0.131. The van der Waals surface area contributed by atoms with Crippen molar-refractivity contribution < 1.29 is 38.9 Å². The van der Waals surface area contributed by atoms with E-state index in [4.69, 9.17) is 29.3 Å². The smallest absolute Gasteiger partial charge is 0.414 e. The average Bonchev–Trinajstić information content (AvgIpc) is 3.49. The van der Waals surface area contributed by atoms with Crippen LogP contribution in [0.4, 0.5) is 0 Å². The van der Waals surface area contributed by atoms with Crippen LogP contribution in [0.15, 0.2) is 0 Å². The number of carbonyl (C=O) groups is 4. The molecule has 4 aliphatic carbocycles. The summed E-state index contributed by atoms with van der Waals surface area (Å²) < 4.78 is 12.1. The molecule has 5 aliphatic rings. The van der Waals surface area contributed by atoms with Gasteiger partial charge in [0.05, 0.1) is 25.9 Å². The lowest BCUT2D eigenvalue weighted by Crippen LogP contribution is -2.57. The highest BCUT2D eigenvalue weighted by molar-refractivity contribution is 6.27. The minimum absolute atomic E-state index is 0.0342. The van der Waals surface area contributed by atoms with Crippen LogP contribution in [0.1, 0.15) is 78.1 Å². The van der Waals surface area contributed by atoms with Crippen molar-refractivity contribution >= 4 is 23.5 Å². The Hall–Kier alpha value is -1.84. The van der Waals surface area contributed by atoms with Crippen molar-refractivity contribution in [2.75, 3.05) is 39.5 Å². The Kier molecular flexibility index (Phi) is 9.30. The summed E-state index contributed by atoms with van der Waals surface area (Å²) in [5.74, 6) is -1.14. The van der Waals surface area contributed by atoms with Gasteiger partial charge in [0, 0.05) is 30.7 Å². The predicted molar refractivity (Wildman–Crippen MR) is 139 cm³/mol. The normalized spacial score (nSPS) is 38.5. The maximum atomic E-state index is 13.3. The van der Waals surface area contributed by atoms with Crippen molar-refractivity contribution in [2.45, 2.75) is 84.2 Å². The molecular formula is C29H45NO8. The number of ether oxygens (including phenoxy) is 2. The number of rotatable bonds is 7. The monoisotopic (exact) mass is 535 g/mol. The largest absolute Gasteiger partial charge is 0.473 e. The lowest BCUT2D eigenvalue weighted by Gasteiger charge is -2.59. The highest BCUT2D eigenvalue weighted by Gasteiger charge is 2.62. The van der Waals surface area contributed by atoms with Crippen molar-refractivity contribution in [3.8, 4) is 0 Å². The molecule has 0 aromatic heterocycles. The average molecular weight is 536 g/mol. The fourth-order valence-electron chi connectivity index (χ4n) is 8.61. The number of ketones is 2. The van der Waals surface area contributed by atoms with E-state index in [0.717, 1.165) is 64.5 Å². The van der Waals surface area contributed by atoms with Crippen LogP contribution in [-0.2, 0) is 28.7 Å². The van der Waals surface area contributed by atoms with Gasteiger partial charge in [-0.05, 0) is 87.6 Å². The Morgan fingerprint density at radius 1 is 0.947 bits per heavy atom. The SMILES string of the molecule is C[C@]12CC(OCCOCCN3CCCC3)CC[C@@H]1C(=O)C[C@@H]1[C@@H]2CC[C@]2(C)C(=O)CC[C@@H]12.O=C(O)C(=O)O. The molecule has 214 valence electrons. The zero-order valence-corrected chi connectivity index (χ0v) is 23.0. The number of carboxylic acid groups (broad SMARTS) is 2. The van der Waals surface area contributed by atoms with Crippen molar-refractivity contribution in [2.24, 2.45) is 34.5 Å². The third kappa shape index (κ3) is 5.99. The number of Topliss-reactive ketones (excluding diaryl/α,β-unsaturated/α-hetero) is 2. The summed E-state index contributed by atoms with van der Waals surface area (Å²) in [7, 11) is 0. The molecule has 0 amide bonds. The van der Waals surface area contributed by atoms with E-state index in [2.05, 4.69) is 18.7 Å². The van der Waals surface area contributed by atoms with Crippen LogP contribution >= 0.6 is 0 Å². The quantitative estimate of drug-likeness (QED) is 0.372. The number of hydrogen-bond donors (Lipinski definition) is 2. The van der Waals surface area contributed by atoms with Crippen LogP contribution in [0.2, 0.25) is 0 Å². The van der Waals surface area contributed by atoms with Crippen LogP contribution in [0.3, 0.4) is 0 Å². The molecule has 0 spiro atoms. The van der Waals surface area contributed by atoms with Crippen molar-refractivity contribution in [1.82, 2.24) is 4.90 Å². The van der Waals surface area contributed by atoms with E-state index in [1.165, 1.54) is 25.9 Å². The number of fused-ring (bicyclic) bond motifs is 5. The number of aliphatic carboxylic acids is 2. The summed E-state index contributed by atoms with van der Waals surface area (Å²) in [5, 5.41) is 14.8. The molecule has 0 radical (unpaired) electrons. The Morgan fingerprint density at radius 3 is 2.34 bits per heavy atom. The fourth-order valence-corrected chi connectivity index (χ4v) is 8.61.